The average Bonchev–Trinajstić information content (AvgIpc) is 3.41. The molecule has 7 nitrogen and oxygen atoms in total. The maximum atomic E-state index is 4.79. The van der Waals surface area contributed by atoms with Gasteiger partial charge in [-0.15, -0.1) is 0 Å². The van der Waals surface area contributed by atoms with Crippen molar-refractivity contribution in [2.75, 3.05) is 6.54 Å². The Balaban J connectivity index is 1.46. The molecule has 136 valence electrons. The number of hydrogen-bond donors (Lipinski definition) is 2. The first-order valence-electron chi connectivity index (χ1n) is 9.25. The Bertz CT molecular complexity index is 1020. The number of benzene rings is 1. The molecule has 1 aliphatic heterocycles. The van der Waals surface area contributed by atoms with Gasteiger partial charge in [0.2, 0.25) is 0 Å². The van der Waals surface area contributed by atoms with E-state index in [9.17, 15) is 0 Å². The molecule has 2 N–H and O–H groups in total. The summed E-state index contributed by atoms with van der Waals surface area (Å²) in [6, 6.07) is 12.4. The van der Waals surface area contributed by atoms with E-state index in [1.165, 1.54) is 5.69 Å². The highest BCUT2D eigenvalue weighted by atomic mass is 15.3. The largest absolute Gasteiger partial charge is 0.325 e. The fourth-order valence-corrected chi connectivity index (χ4v) is 3.61. The summed E-state index contributed by atoms with van der Waals surface area (Å²) in [5.74, 6) is 0.885. The molecule has 4 heterocycles. The Kier molecular flexibility index (Phi) is 4.06. The molecule has 5 rings (SSSR count). The van der Waals surface area contributed by atoms with Crippen molar-refractivity contribution in [2.45, 2.75) is 26.1 Å². The third-order valence-electron chi connectivity index (χ3n) is 4.96. The molecule has 3 aromatic heterocycles. The fourth-order valence-electron chi connectivity index (χ4n) is 3.61. The van der Waals surface area contributed by atoms with Gasteiger partial charge in [0.25, 0.3) is 0 Å². The average molecular weight is 359 g/mol. The number of hydrogen-bond acceptors (Lipinski definition) is 4. The molecule has 0 fully saturated rings. The van der Waals surface area contributed by atoms with Crippen LogP contribution in [0.2, 0.25) is 0 Å². The number of H-pyrrole nitrogens is 1. The van der Waals surface area contributed by atoms with Gasteiger partial charge >= 0.3 is 0 Å². The monoisotopic (exact) mass is 359 g/mol. The molecule has 0 atom stereocenters. The maximum absolute atomic E-state index is 4.79. The van der Waals surface area contributed by atoms with E-state index in [0.717, 1.165) is 54.4 Å². The standard InChI is InChI=1S/C20H21N7/c1-2-5-15(6-3-1)19-16(12-23-24-19)14-26-10-8-22-20(26)18-11-17-13-21-7-4-9-27(17)25-18/h1-3,5-6,8,10-12,21H,4,7,9,13-14H2,(H,23,24). The number of aromatic nitrogens is 6. The topological polar surface area (TPSA) is 76.3 Å². The van der Waals surface area contributed by atoms with Crippen molar-refractivity contribution in [1.29, 1.82) is 0 Å². The van der Waals surface area contributed by atoms with Gasteiger partial charge in [-0.05, 0) is 24.6 Å². The predicted molar refractivity (Wildman–Crippen MR) is 103 cm³/mol. The quantitative estimate of drug-likeness (QED) is 0.587. The van der Waals surface area contributed by atoms with Crippen LogP contribution in [0.25, 0.3) is 22.8 Å². The molecule has 0 aliphatic carbocycles. The summed E-state index contributed by atoms with van der Waals surface area (Å²) in [4.78, 5) is 4.57. The molecule has 0 radical (unpaired) electrons. The van der Waals surface area contributed by atoms with Crippen molar-refractivity contribution in [3.8, 4) is 22.8 Å². The van der Waals surface area contributed by atoms with Gasteiger partial charge in [-0.3, -0.25) is 9.78 Å². The summed E-state index contributed by atoms with van der Waals surface area (Å²) in [7, 11) is 0. The van der Waals surface area contributed by atoms with Crippen molar-refractivity contribution >= 4 is 0 Å². The van der Waals surface area contributed by atoms with E-state index in [2.05, 4.69) is 47.9 Å². The van der Waals surface area contributed by atoms with Crippen molar-refractivity contribution in [2.24, 2.45) is 0 Å². The Labute approximate surface area is 157 Å². The highest BCUT2D eigenvalue weighted by Crippen LogP contribution is 2.24. The first-order chi connectivity index (χ1) is 13.4. The van der Waals surface area contributed by atoms with E-state index in [1.54, 1.807) is 0 Å². The summed E-state index contributed by atoms with van der Waals surface area (Å²) in [5.41, 5.74) is 5.43. The summed E-state index contributed by atoms with van der Waals surface area (Å²) >= 11 is 0. The summed E-state index contributed by atoms with van der Waals surface area (Å²) in [6.07, 6.45) is 6.82. The van der Waals surface area contributed by atoms with Crippen LogP contribution in [0.3, 0.4) is 0 Å². The first kappa shape index (κ1) is 16.0. The highest BCUT2D eigenvalue weighted by Gasteiger charge is 2.17. The Morgan fingerprint density at radius 2 is 2.07 bits per heavy atom. The normalized spacial score (nSPS) is 14.1. The lowest BCUT2D eigenvalue weighted by Crippen LogP contribution is -2.11. The zero-order valence-corrected chi connectivity index (χ0v) is 15.0. The molecule has 0 amide bonds. The lowest BCUT2D eigenvalue weighted by atomic mass is 10.1. The number of nitrogens with one attached hydrogen (secondary N) is 2. The van der Waals surface area contributed by atoms with Gasteiger partial charge in [-0.1, -0.05) is 30.3 Å². The Hall–Kier alpha value is -3.19. The van der Waals surface area contributed by atoms with Crippen molar-refractivity contribution < 1.29 is 0 Å². The van der Waals surface area contributed by atoms with Crippen molar-refractivity contribution in [1.82, 2.24) is 34.8 Å². The number of rotatable bonds is 4. The summed E-state index contributed by atoms with van der Waals surface area (Å²) in [5, 5.41) is 15.6. The van der Waals surface area contributed by atoms with Crippen LogP contribution in [0.15, 0.2) is 55.0 Å². The number of aryl methyl sites for hydroxylation is 1. The van der Waals surface area contributed by atoms with Crippen LogP contribution in [-0.4, -0.2) is 36.1 Å². The SMILES string of the molecule is c1ccc(-c2[nH]ncc2Cn2ccnc2-c2cc3n(n2)CCCNC3)cc1. The predicted octanol–water partition coefficient (Wildman–Crippen LogP) is 2.68. The molecule has 0 unspecified atom stereocenters. The van der Waals surface area contributed by atoms with Gasteiger partial charge in [-0.25, -0.2) is 4.98 Å². The van der Waals surface area contributed by atoms with Gasteiger partial charge < -0.3 is 9.88 Å². The van der Waals surface area contributed by atoms with Crippen LogP contribution >= 0.6 is 0 Å². The van der Waals surface area contributed by atoms with Crippen molar-refractivity contribution in [3.05, 3.63) is 66.2 Å². The van der Waals surface area contributed by atoms with E-state index in [1.807, 2.05) is 36.8 Å². The van der Waals surface area contributed by atoms with Crippen molar-refractivity contribution in [3.63, 3.8) is 0 Å². The minimum absolute atomic E-state index is 0.691. The van der Waals surface area contributed by atoms with Crippen LogP contribution in [0.4, 0.5) is 0 Å². The van der Waals surface area contributed by atoms with Gasteiger partial charge in [0.15, 0.2) is 5.82 Å². The van der Waals surface area contributed by atoms with Crippen LogP contribution < -0.4 is 5.32 Å². The molecular weight excluding hydrogens is 338 g/mol. The van der Waals surface area contributed by atoms with Crippen LogP contribution in [0.5, 0.6) is 0 Å². The number of nitrogens with zero attached hydrogens (tertiary/aromatic N) is 5. The van der Waals surface area contributed by atoms with E-state index in [4.69, 9.17) is 5.10 Å². The molecular formula is C20H21N7. The minimum Gasteiger partial charge on any atom is -0.325 e. The molecule has 0 saturated heterocycles. The third-order valence-corrected chi connectivity index (χ3v) is 4.96. The fraction of sp³-hybridized carbons (Fsp3) is 0.250. The smallest absolute Gasteiger partial charge is 0.160 e. The molecule has 1 aromatic carbocycles. The molecule has 27 heavy (non-hydrogen) atoms. The molecule has 4 aromatic rings. The number of fused-ring (bicyclic) bond motifs is 1. The molecule has 0 bridgehead atoms. The summed E-state index contributed by atoms with van der Waals surface area (Å²) < 4.78 is 4.23. The van der Waals surface area contributed by atoms with E-state index in [-0.39, 0.29) is 0 Å². The minimum atomic E-state index is 0.691. The van der Waals surface area contributed by atoms with E-state index >= 15 is 0 Å². The van der Waals surface area contributed by atoms with E-state index < -0.39 is 0 Å². The lowest BCUT2D eigenvalue weighted by Gasteiger charge is -2.07. The zero-order valence-electron chi connectivity index (χ0n) is 15.0. The third kappa shape index (κ3) is 3.06. The highest BCUT2D eigenvalue weighted by molar-refractivity contribution is 5.62. The molecule has 0 spiro atoms. The Morgan fingerprint density at radius 1 is 1.15 bits per heavy atom. The maximum Gasteiger partial charge on any atom is 0.160 e. The summed E-state index contributed by atoms with van der Waals surface area (Å²) in [6.45, 7) is 3.53. The zero-order chi connectivity index (χ0) is 18.1. The van der Waals surface area contributed by atoms with E-state index in [0.29, 0.717) is 6.54 Å². The van der Waals surface area contributed by atoms with Gasteiger partial charge in [0, 0.05) is 31.0 Å². The van der Waals surface area contributed by atoms with Gasteiger partial charge in [0.05, 0.1) is 24.1 Å². The van der Waals surface area contributed by atoms with Gasteiger partial charge in [-0.2, -0.15) is 10.2 Å². The van der Waals surface area contributed by atoms with Crippen LogP contribution in [-0.2, 0) is 19.6 Å². The number of imidazole rings is 1. The lowest BCUT2D eigenvalue weighted by molar-refractivity contribution is 0.588. The first-order valence-corrected chi connectivity index (χ1v) is 9.25. The number of aromatic amines is 1. The van der Waals surface area contributed by atoms with Crippen LogP contribution in [0.1, 0.15) is 17.7 Å². The second-order valence-electron chi connectivity index (χ2n) is 6.79. The van der Waals surface area contributed by atoms with Gasteiger partial charge in [0.1, 0.15) is 5.69 Å². The van der Waals surface area contributed by atoms with Crippen LogP contribution in [0, 0.1) is 0 Å². The second kappa shape index (κ2) is 6.85. The molecule has 1 aliphatic rings. The Morgan fingerprint density at radius 3 is 3.00 bits per heavy atom. The molecule has 7 heteroatoms. The molecule has 0 saturated carbocycles. The second-order valence-corrected chi connectivity index (χ2v) is 6.79.